The first-order valence-corrected chi connectivity index (χ1v) is 32.1. The first-order valence-electron chi connectivity index (χ1n) is 30.7. The van der Waals surface area contributed by atoms with E-state index in [1.807, 2.05) is 0 Å². The molecule has 0 aliphatic heterocycles. The summed E-state index contributed by atoms with van der Waals surface area (Å²) in [5.41, 5.74) is 16.6. The number of quaternary nitrogens is 6. The Labute approximate surface area is 514 Å². The van der Waals surface area contributed by atoms with Crippen molar-refractivity contribution in [1.82, 2.24) is 0 Å². The summed E-state index contributed by atoms with van der Waals surface area (Å²) >= 11 is 0. The summed E-state index contributed by atoms with van der Waals surface area (Å²) in [7, 11) is 27.9. The Balaban J connectivity index is 1.26. The molecule has 0 aliphatic carbocycles. The quantitative estimate of drug-likeness (QED) is 0.0356. The molecular weight excluding hydrogens is 1050 g/mol. The van der Waals surface area contributed by atoms with Crippen molar-refractivity contribution in [1.29, 1.82) is 0 Å². The van der Waals surface area contributed by atoms with Crippen molar-refractivity contribution < 1.29 is 26.9 Å². The zero-order chi connectivity index (χ0) is 60.3. The van der Waals surface area contributed by atoms with E-state index < -0.39 is 7.92 Å². The Kier molecular flexibility index (Phi) is 20.1. The Morgan fingerprint density at radius 3 is 0.447 bits per heavy atom. The summed E-state index contributed by atoms with van der Waals surface area (Å²) in [5.74, 6) is 0. The molecule has 0 aliphatic rings. The molecule has 0 bridgehead atoms. The maximum Gasteiger partial charge on any atom is 0.104 e. The average molecular weight is 1150 g/mol. The minimum atomic E-state index is -1.12. The number of nitrogens with zero attached hydrogens (tertiary/aromatic N) is 6. The maximum absolute atomic E-state index is 2.64. The number of hydrogen-bond donors (Lipinski definition) is 0. The van der Waals surface area contributed by atoms with E-state index in [-0.39, 0.29) is 0 Å². The van der Waals surface area contributed by atoms with Gasteiger partial charge in [0.1, 0.15) is 78.5 Å². The second-order valence-electron chi connectivity index (χ2n) is 28.8. The monoisotopic (exact) mass is 1150 g/mol. The van der Waals surface area contributed by atoms with Crippen molar-refractivity contribution in [3.8, 4) is 0 Å². The van der Waals surface area contributed by atoms with Crippen LogP contribution in [0.2, 0.25) is 0 Å². The Hall–Kier alpha value is -6.83. The van der Waals surface area contributed by atoms with Gasteiger partial charge in [0.2, 0.25) is 0 Å². The fraction of sp³-hybridized carbons (Fsp3) is 0.308. The fourth-order valence-corrected chi connectivity index (χ4v) is 16.0. The van der Waals surface area contributed by atoms with Crippen LogP contribution in [0, 0.1) is 0 Å². The van der Waals surface area contributed by atoms with E-state index in [1.165, 1.54) is 82.7 Å². The summed E-state index contributed by atoms with van der Waals surface area (Å²) in [4.78, 5) is 0. The van der Waals surface area contributed by atoms with Gasteiger partial charge in [-0.25, -0.2) is 0 Å². The van der Waals surface area contributed by atoms with Crippen molar-refractivity contribution in [3.63, 3.8) is 0 Å². The lowest BCUT2D eigenvalue weighted by Crippen LogP contribution is -2.40. The number of benzene rings is 9. The van der Waals surface area contributed by atoms with Gasteiger partial charge in [-0.15, -0.1) is 0 Å². The molecule has 9 aromatic carbocycles. The van der Waals surface area contributed by atoms with Gasteiger partial charge in [-0.3, -0.25) is 0 Å². The highest BCUT2D eigenvalue weighted by Crippen LogP contribution is 2.38. The van der Waals surface area contributed by atoms with Crippen LogP contribution in [-0.2, 0) is 78.5 Å². The van der Waals surface area contributed by atoms with Crippen molar-refractivity contribution >= 4 is 23.8 Å². The van der Waals surface area contributed by atoms with Gasteiger partial charge in [-0.2, -0.15) is 0 Å². The van der Waals surface area contributed by atoms with Gasteiger partial charge < -0.3 is 26.9 Å². The van der Waals surface area contributed by atoms with Gasteiger partial charge in [0.05, 0.1) is 84.6 Å². The third kappa shape index (κ3) is 19.6. The molecule has 0 radical (unpaired) electrons. The van der Waals surface area contributed by atoms with Crippen LogP contribution in [0.5, 0.6) is 0 Å². The van der Waals surface area contributed by atoms with Crippen molar-refractivity contribution in [3.05, 3.63) is 303 Å². The van der Waals surface area contributed by atoms with E-state index in [2.05, 4.69) is 321 Å². The van der Waals surface area contributed by atoms with Crippen LogP contribution in [0.4, 0.5) is 0 Å². The highest BCUT2D eigenvalue weighted by molar-refractivity contribution is 7.79. The molecule has 0 amide bonds. The molecule has 0 N–H and O–H groups in total. The normalized spacial score (nSPS) is 12.7. The molecule has 0 saturated heterocycles. The second kappa shape index (κ2) is 27.3. The van der Waals surface area contributed by atoms with Gasteiger partial charge >= 0.3 is 0 Å². The SMILES string of the molecule is C[N+](C)(Cc1ccccc1)Cc1cc(C[N+](C)(C)Cc2ccccc2)cc(P(c2cc(C[N+](C)(C)Cc3ccccc3)cc(C[N+](C)(C)Cc3ccccc3)c2)c2cc(C[N+](C)(C)Cc3ccccc3)cc(C[N+](C)(C)Cc3ccccc3)c2)c1. The Bertz CT molecular complexity index is 2940. The molecule has 0 atom stereocenters. The van der Waals surface area contributed by atoms with Gasteiger partial charge in [-0.05, 0) is 78.4 Å². The average Bonchev–Trinajstić information content (AvgIpc) is 2.02. The summed E-state index contributed by atoms with van der Waals surface area (Å²) in [6, 6.07) is 90.1. The highest BCUT2D eigenvalue weighted by atomic mass is 31.1. The summed E-state index contributed by atoms with van der Waals surface area (Å²) in [5, 5.41) is 4.29. The van der Waals surface area contributed by atoms with Gasteiger partial charge in [0.15, 0.2) is 0 Å². The predicted octanol–water partition coefficient (Wildman–Crippen LogP) is 14.1. The molecule has 0 fully saturated rings. The lowest BCUT2D eigenvalue weighted by Gasteiger charge is -2.34. The van der Waals surface area contributed by atoms with Gasteiger partial charge in [-0.1, -0.05) is 182 Å². The van der Waals surface area contributed by atoms with Crippen molar-refractivity contribution in [2.75, 3.05) is 84.6 Å². The summed E-state index contributed by atoms with van der Waals surface area (Å²) in [6.07, 6.45) is 0. The topological polar surface area (TPSA) is 0 Å². The number of hydrogen-bond acceptors (Lipinski definition) is 0. The lowest BCUT2D eigenvalue weighted by molar-refractivity contribution is -0.917. The van der Waals surface area contributed by atoms with E-state index in [0.717, 1.165) is 105 Å². The molecule has 9 aromatic rings. The minimum Gasteiger partial charge on any atom is -0.321 e. The first-order chi connectivity index (χ1) is 40.4. The second-order valence-corrected chi connectivity index (χ2v) is 31.0. The smallest absolute Gasteiger partial charge is 0.104 e. The van der Waals surface area contributed by atoms with E-state index >= 15 is 0 Å². The van der Waals surface area contributed by atoms with Crippen LogP contribution < -0.4 is 15.9 Å². The zero-order valence-electron chi connectivity index (χ0n) is 53.6. The lowest BCUT2D eigenvalue weighted by atomic mass is 10.1. The highest BCUT2D eigenvalue weighted by Gasteiger charge is 2.30. The third-order valence-electron chi connectivity index (χ3n) is 16.3. The van der Waals surface area contributed by atoms with Crippen molar-refractivity contribution in [2.24, 2.45) is 0 Å². The number of rotatable bonds is 27. The summed E-state index contributed by atoms with van der Waals surface area (Å²) < 4.78 is 5.07. The summed E-state index contributed by atoms with van der Waals surface area (Å²) in [6.45, 7) is 11.2. The zero-order valence-corrected chi connectivity index (χ0v) is 54.5. The van der Waals surface area contributed by atoms with E-state index in [4.69, 9.17) is 0 Å². The van der Waals surface area contributed by atoms with E-state index in [1.54, 1.807) is 0 Å². The molecule has 0 aromatic heterocycles. The van der Waals surface area contributed by atoms with Gasteiger partial charge in [0, 0.05) is 66.8 Å². The van der Waals surface area contributed by atoms with Crippen LogP contribution in [0.15, 0.2) is 237 Å². The molecule has 9 rings (SSSR count). The molecular formula is C78H99N6P+6. The van der Waals surface area contributed by atoms with Crippen LogP contribution in [0.1, 0.15) is 66.8 Å². The standard InChI is InChI=1S/C78H99N6P/c1-79(2,52-64-31-19-13-20-32-64)58-70-43-71(59-80(3,4)53-65-33-21-14-22-34-65)47-76(46-70)85(77-48-72(60-81(5,6)54-66-35-23-15-24-36-66)44-73(49-77)61-82(7,8)55-67-37-25-16-26-38-67)78-50-74(62-83(9,10)56-68-39-27-17-28-40-68)45-75(51-78)63-84(11,12)57-69-41-29-18-30-42-69/h13-51H,52-63H2,1-12H3/q+6. The molecule has 440 valence electrons. The van der Waals surface area contributed by atoms with Crippen molar-refractivity contribution in [2.45, 2.75) is 78.5 Å². The Morgan fingerprint density at radius 1 is 0.176 bits per heavy atom. The van der Waals surface area contributed by atoms with Crippen LogP contribution >= 0.6 is 7.92 Å². The molecule has 85 heavy (non-hydrogen) atoms. The third-order valence-corrected chi connectivity index (χ3v) is 18.6. The van der Waals surface area contributed by atoms with Gasteiger partial charge in [0.25, 0.3) is 0 Å². The Morgan fingerprint density at radius 2 is 0.306 bits per heavy atom. The largest absolute Gasteiger partial charge is 0.321 e. The fourth-order valence-electron chi connectivity index (χ4n) is 13.4. The molecule has 6 nitrogen and oxygen atoms in total. The molecule has 0 heterocycles. The van der Waals surface area contributed by atoms with E-state index in [9.17, 15) is 0 Å². The minimum absolute atomic E-state index is 0.845. The molecule has 7 heteroatoms. The van der Waals surface area contributed by atoms with Crippen LogP contribution in [-0.4, -0.2) is 111 Å². The van der Waals surface area contributed by atoms with Crippen LogP contribution in [0.25, 0.3) is 0 Å². The predicted molar refractivity (Wildman–Crippen MR) is 361 cm³/mol. The molecule has 0 spiro atoms. The van der Waals surface area contributed by atoms with Crippen LogP contribution in [0.3, 0.4) is 0 Å². The van der Waals surface area contributed by atoms with E-state index in [0.29, 0.717) is 0 Å². The first kappa shape index (κ1) is 62.7. The molecule has 0 saturated carbocycles. The molecule has 0 unspecified atom stereocenters. The maximum atomic E-state index is 2.64.